The van der Waals surface area contributed by atoms with E-state index in [0.717, 1.165) is 37.3 Å². The fraction of sp³-hybridized carbons (Fsp3) is 0.471. The Kier molecular flexibility index (Phi) is 5.03. The van der Waals surface area contributed by atoms with Gasteiger partial charge in [0.1, 0.15) is 0 Å². The van der Waals surface area contributed by atoms with E-state index in [9.17, 15) is 8.42 Å². The molecular formula is C17H24N4O2S. The third-order valence-electron chi connectivity index (χ3n) is 4.68. The predicted octanol–water partition coefficient (Wildman–Crippen LogP) is 1.51. The molecule has 2 heterocycles. The first-order valence-corrected chi connectivity index (χ1v) is 9.66. The lowest BCUT2D eigenvalue weighted by Crippen LogP contribution is -2.49. The maximum absolute atomic E-state index is 12.8. The highest BCUT2D eigenvalue weighted by Gasteiger charge is 2.28. The van der Waals surface area contributed by atoms with Crippen molar-refractivity contribution in [3.05, 3.63) is 48.0 Å². The molecule has 0 spiro atoms. The molecule has 24 heavy (non-hydrogen) atoms. The van der Waals surface area contributed by atoms with Crippen LogP contribution in [0.4, 0.5) is 0 Å². The van der Waals surface area contributed by atoms with Crippen molar-refractivity contribution in [1.29, 1.82) is 0 Å². The van der Waals surface area contributed by atoms with Crippen molar-refractivity contribution in [1.82, 2.24) is 18.8 Å². The molecule has 1 aliphatic heterocycles. The van der Waals surface area contributed by atoms with Crippen molar-refractivity contribution >= 4 is 10.0 Å². The summed E-state index contributed by atoms with van der Waals surface area (Å²) in [6.07, 6.45) is 5.52. The first-order chi connectivity index (χ1) is 11.5. The Morgan fingerprint density at radius 2 is 1.79 bits per heavy atom. The van der Waals surface area contributed by atoms with Crippen LogP contribution >= 0.6 is 0 Å². The number of hydrogen-bond donors (Lipinski definition) is 0. The van der Waals surface area contributed by atoms with Gasteiger partial charge >= 0.3 is 0 Å². The van der Waals surface area contributed by atoms with Gasteiger partial charge in [0.2, 0.25) is 10.0 Å². The Morgan fingerprint density at radius 3 is 2.42 bits per heavy atom. The summed E-state index contributed by atoms with van der Waals surface area (Å²) in [6.45, 7) is 8.33. The average Bonchev–Trinajstić information content (AvgIpc) is 3.09. The Labute approximate surface area is 143 Å². The Morgan fingerprint density at radius 1 is 1.04 bits per heavy atom. The zero-order valence-corrected chi connectivity index (χ0v) is 15.0. The van der Waals surface area contributed by atoms with Gasteiger partial charge in [-0.3, -0.25) is 4.90 Å². The summed E-state index contributed by atoms with van der Waals surface area (Å²) in [6, 6.07) is 5.36. The van der Waals surface area contributed by atoms with Crippen LogP contribution in [0, 0.1) is 13.8 Å². The van der Waals surface area contributed by atoms with Gasteiger partial charge in [0.15, 0.2) is 0 Å². The number of aryl methyl sites for hydroxylation is 2. The molecule has 0 N–H and O–H groups in total. The normalized spacial score (nSPS) is 17.2. The standard InChI is InChI=1S/C17H24N4O2S/c1-15-3-4-17(13-16(15)2)24(22,23)21-11-9-19(10-12-21)7-8-20-6-5-18-14-20/h3-6,13-14H,7-12H2,1-2H3. The summed E-state index contributed by atoms with van der Waals surface area (Å²) < 4.78 is 29.2. The topological polar surface area (TPSA) is 58.4 Å². The van der Waals surface area contributed by atoms with Gasteiger partial charge in [-0.1, -0.05) is 6.07 Å². The van der Waals surface area contributed by atoms with Crippen molar-refractivity contribution in [2.45, 2.75) is 25.3 Å². The maximum atomic E-state index is 12.8. The number of hydrogen-bond acceptors (Lipinski definition) is 4. The molecule has 1 aliphatic rings. The van der Waals surface area contributed by atoms with E-state index in [2.05, 4.69) is 9.88 Å². The molecule has 1 fully saturated rings. The van der Waals surface area contributed by atoms with E-state index in [1.54, 1.807) is 29.0 Å². The van der Waals surface area contributed by atoms with Gasteiger partial charge < -0.3 is 4.57 Å². The van der Waals surface area contributed by atoms with Gasteiger partial charge in [-0.2, -0.15) is 4.31 Å². The molecule has 130 valence electrons. The highest BCUT2D eigenvalue weighted by molar-refractivity contribution is 7.89. The van der Waals surface area contributed by atoms with Crippen LogP contribution in [0.25, 0.3) is 0 Å². The van der Waals surface area contributed by atoms with Gasteiger partial charge in [0.25, 0.3) is 0 Å². The van der Waals surface area contributed by atoms with Crippen LogP contribution in [0.1, 0.15) is 11.1 Å². The summed E-state index contributed by atoms with van der Waals surface area (Å²) in [5, 5.41) is 0. The van der Waals surface area contributed by atoms with Crippen molar-refractivity contribution in [3.8, 4) is 0 Å². The van der Waals surface area contributed by atoms with Gasteiger partial charge in [0, 0.05) is 51.7 Å². The van der Waals surface area contributed by atoms with Gasteiger partial charge in [-0.25, -0.2) is 13.4 Å². The second-order valence-corrected chi connectivity index (χ2v) is 8.23. The van der Waals surface area contributed by atoms with Crippen LogP contribution in [0.15, 0.2) is 41.8 Å². The quantitative estimate of drug-likeness (QED) is 0.822. The number of piperazine rings is 1. The summed E-state index contributed by atoms with van der Waals surface area (Å²) in [7, 11) is -3.39. The van der Waals surface area contributed by atoms with Gasteiger partial charge in [-0.15, -0.1) is 0 Å². The average molecular weight is 348 g/mol. The smallest absolute Gasteiger partial charge is 0.243 e. The lowest BCUT2D eigenvalue weighted by atomic mass is 10.1. The van der Waals surface area contributed by atoms with Crippen LogP contribution < -0.4 is 0 Å². The van der Waals surface area contributed by atoms with E-state index < -0.39 is 10.0 Å². The molecule has 0 aliphatic carbocycles. The molecule has 2 aromatic rings. The Balaban J connectivity index is 1.59. The van der Waals surface area contributed by atoms with Crippen molar-refractivity contribution < 1.29 is 8.42 Å². The van der Waals surface area contributed by atoms with Crippen LogP contribution in [-0.2, 0) is 16.6 Å². The zero-order valence-electron chi connectivity index (χ0n) is 14.2. The SMILES string of the molecule is Cc1ccc(S(=O)(=O)N2CCN(CCn3ccnc3)CC2)cc1C. The molecule has 7 heteroatoms. The molecule has 0 radical (unpaired) electrons. The number of sulfonamides is 1. The van der Waals surface area contributed by atoms with E-state index in [0.29, 0.717) is 18.0 Å². The molecule has 3 rings (SSSR count). The maximum Gasteiger partial charge on any atom is 0.243 e. The Bertz CT molecular complexity index is 779. The number of rotatable bonds is 5. The zero-order chi connectivity index (χ0) is 17.2. The van der Waals surface area contributed by atoms with Crippen molar-refractivity contribution in [2.75, 3.05) is 32.7 Å². The lowest BCUT2D eigenvalue weighted by molar-refractivity contribution is 0.183. The highest BCUT2D eigenvalue weighted by atomic mass is 32.2. The molecule has 0 atom stereocenters. The van der Waals surface area contributed by atoms with Crippen molar-refractivity contribution in [3.63, 3.8) is 0 Å². The first kappa shape index (κ1) is 17.1. The minimum Gasteiger partial charge on any atom is -0.336 e. The van der Waals surface area contributed by atoms with Gasteiger partial charge in [-0.05, 0) is 37.1 Å². The minimum atomic E-state index is -3.39. The van der Waals surface area contributed by atoms with E-state index >= 15 is 0 Å². The summed E-state index contributed by atoms with van der Waals surface area (Å²) in [4.78, 5) is 6.73. The molecule has 1 saturated heterocycles. The molecule has 0 amide bonds. The number of nitrogens with zero attached hydrogens (tertiary/aromatic N) is 4. The van der Waals surface area contributed by atoms with E-state index in [1.807, 2.05) is 30.7 Å². The second-order valence-electron chi connectivity index (χ2n) is 6.29. The number of aromatic nitrogens is 2. The summed E-state index contributed by atoms with van der Waals surface area (Å²) >= 11 is 0. The van der Waals surface area contributed by atoms with Crippen LogP contribution in [-0.4, -0.2) is 59.9 Å². The van der Waals surface area contributed by atoms with Crippen LogP contribution in [0.5, 0.6) is 0 Å². The number of imidazole rings is 1. The van der Waals surface area contributed by atoms with Crippen LogP contribution in [0.2, 0.25) is 0 Å². The van der Waals surface area contributed by atoms with E-state index in [1.165, 1.54) is 0 Å². The molecule has 0 saturated carbocycles. The molecule has 1 aromatic heterocycles. The molecule has 6 nitrogen and oxygen atoms in total. The van der Waals surface area contributed by atoms with Gasteiger partial charge in [0.05, 0.1) is 11.2 Å². The Hall–Kier alpha value is -1.70. The molecule has 0 bridgehead atoms. The van der Waals surface area contributed by atoms with Crippen LogP contribution in [0.3, 0.4) is 0 Å². The largest absolute Gasteiger partial charge is 0.336 e. The highest BCUT2D eigenvalue weighted by Crippen LogP contribution is 2.20. The predicted molar refractivity (Wildman–Crippen MR) is 93.3 cm³/mol. The minimum absolute atomic E-state index is 0.400. The fourth-order valence-electron chi connectivity index (χ4n) is 2.89. The third-order valence-corrected chi connectivity index (χ3v) is 6.58. The molecule has 0 unspecified atom stereocenters. The molecular weight excluding hydrogens is 324 g/mol. The monoisotopic (exact) mass is 348 g/mol. The first-order valence-electron chi connectivity index (χ1n) is 8.22. The van der Waals surface area contributed by atoms with E-state index in [4.69, 9.17) is 0 Å². The van der Waals surface area contributed by atoms with Crippen molar-refractivity contribution in [2.24, 2.45) is 0 Å². The number of benzene rings is 1. The summed E-state index contributed by atoms with van der Waals surface area (Å²) in [5.41, 5.74) is 2.12. The molecule has 1 aromatic carbocycles. The second kappa shape index (κ2) is 7.04. The van der Waals surface area contributed by atoms with E-state index in [-0.39, 0.29) is 0 Å². The lowest BCUT2D eigenvalue weighted by Gasteiger charge is -2.34. The fourth-order valence-corrected chi connectivity index (χ4v) is 4.40. The third kappa shape index (κ3) is 3.68. The summed E-state index contributed by atoms with van der Waals surface area (Å²) in [5.74, 6) is 0.